The third-order valence-electron chi connectivity index (χ3n) is 4.59. The quantitative estimate of drug-likeness (QED) is 0.416. The van der Waals surface area contributed by atoms with E-state index in [1.54, 1.807) is 7.11 Å². The molecule has 0 aliphatic heterocycles. The number of aromatic nitrogens is 2. The van der Waals surface area contributed by atoms with Crippen molar-refractivity contribution in [3.63, 3.8) is 0 Å². The summed E-state index contributed by atoms with van der Waals surface area (Å²) in [7, 11) is 1.67. The molecule has 0 saturated carbocycles. The van der Waals surface area contributed by atoms with Crippen molar-refractivity contribution in [1.82, 2.24) is 20.8 Å². The maximum atomic E-state index is 5.29. The van der Waals surface area contributed by atoms with Gasteiger partial charge in [-0.25, -0.2) is 4.99 Å². The van der Waals surface area contributed by atoms with Crippen LogP contribution in [0.5, 0.6) is 5.75 Å². The fraction of sp³-hybridized carbons (Fsp3) is 0.348. The average molecular weight is 408 g/mol. The molecule has 0 radical (unpaired) electrons. The van der Waals surface area contributed by atoms with Gasteiger partial charge in [0.05, 0.1) is 13.7 Å². The molecule has 1 heterocycles. The summed E-state index contributed by atoms with van der Waals surface area (Å²) in [5.74, 6) is 2.93. The largest absolute Gasteiger partial charge is 0.497 e. The summed E-state index contributed by atoms with van der Waals surface area (Å²) in [5, 5.41) is 10.6. The number of aliphatic imine (C=N–C) groups is 1. The second-order valence-corrected chi connectivity index (χ2v) is 6.79. The summed E-state index contributed by atoms with van der Waals surface area (Å²) >= 11 is 0. The molecular weight excluding hydrogens is 378 g/mol. The summed E-state index contributed by atoms with van der Waals surface area (Å²) in [6, 6.07) is 16.2. The molecule has 0 amide bonds. The number of guanidine groups is 1. The van der Waals surface area contributed by atoms with Crippen molar-refractivity contribution in [3.8, 4) is 17.2 Å². The lowest BCUT2D eigenvalue weighted by Crippen LogP contribution is -2.38. The van der Waals surface area contributed by atoms with Crippen LogP contribution in [0.3, 0.4) is 0 Å². The molecular formula is C23H29N5O2. The van der Waals surface area contributed by atoms with Gasteiger partial charge in [0, 0.05) is 25.1 Å². The normalized spacial score (nSPS) is 11.4. The SMILES string of the molecule is CCNC(=NCc1cccc(OC)c1)NCCc1ccc(-c2nc(CC)no2)cc1. The third-order valence-corrected chi connectivity index (χ3v) is 4.59. The highest BCUT2D eigenvalue weighted by Gasteiger charge is 2.07. The lowest BCUT2D eigenvalue weighted by atomic mass is 10.1. The van der Waals surface area contributed by atoms with Gasteiger partial charge in [-0.3, -0.25) is 0 Å². The van der Waals surface area contributed by atoms with Crippen molar-refractivity contribution in [3.05, 3.63) is 65.5 Å². The van der Waals surface area contributed by atoms with Gasteiger partial charge in [-0.15, -0.1) is 0 Å². The van der Waals surface area contributed by atoms with Crippen LogP contribution in [0, 0.1) is 0 Å². The summed E-state index contributed by atoms with van der Waals surface area (Å²) in [4.78, 5) is 9.03. The Kier molecular flexibility index (Phi) is 7.83. The molecule has 3 rings (SSSR count). The Hall–Kier alpha value is -3.35. The van der Waals surface area contributed by atoms with Crippen molar-refractivity contribution in [1.29, 1.82) is 0 Å². The number of benzene rings is 2. The minimum atomic E-state index is 0.565. The van der Waals surface area contributed by atoms with Crippen molar-refractivity contribution in [2.24, 2.45) is 4.99 Å². The smallest absolute Gasteiger partial charge is 0.257 e. The molecule has 0 saturated heterocycles. The zero-order chi connectivity index (χ0) is 21.2. The second kappa shape index (κ2) is 11.0. The van der Waals surface area contributed by atoms with E-state index >= 15 is 0 Å². The number of hydrogen-bond donors (Lipinski definition) is 2. The molecule has 0 aliphatic rings. The molecule has 2 N–H and O–H groups in total. The third kappa shape index (κ3) is 6.07. The maximum Gasteiger partial charge on any atom is 0.257 e. The topological polar surface area (TPSA) is 84.6 Å². The zero-order valence-corrected chi connectivity index (χ0v) is 17.8. The van der Waals surface area contributed by atoms with Gasteiger partial charge in [0.1, 0.15) is 5.75 Å². The molecule has 0 fully saturated rings. The van der Waals surface area contributed by atoms with Crippen molar-refractivity contribution in [2.45, 2.75) is 33.2 Å². The summed E-state index contributed by atoms with van der Waals surface area (Å²) in [6.07, 6.45) is 1.65. The minimum absolute atomic E-state index is 0.565. The monoisotopic (exact) mass is 407 g/mol. The minimum Gasteiger partial charge on any atom is -0.497 e. The van der Waals surface area contributed by atoms with Gasteiger partial charge in [-0.1, -0.05) is 36.3 Å². The molecule has 1 aromatic heterocycles. The van der Waals surface area contributed by atoms with Gasteiger partial charge in [-0.05, 0) is 48.7 Å². The average Bonchev–Trinajstić information content (AvgIpc) is 3.27. The molecule has 3 aromatic rings. The van der Waals surface area contributed by atoms with Crippen LogP contribution in [0.25, 0.3) is 11.5 Å². The molecule has 7 heteroatoms. The van der Waals surface area contributed by atoms with Gasteiger partial charge >= 0.3 is 0 Å². The molecule has 0 atom stereocenters. The van der Waals surface area contributed by atoms with Crippen molar-refractivity contribution < 1.29 is 9.26 Å². The van der Waals surface area contributed by atoms with Crippen LogP contribution in [0.15, 0.2) is 58.0 Å². The van der Waals surface area contributed by atoms with Crippen LogP contribution < -0.4 is 15.4 Å². The van der Waals surface area contributed by atoms with Crippen molar-refractivity contribution in [2.75, 3.05) is 20.2 Å². The van der Waals surface area contributed by atoms with E-state index in [-0.39, 0.29) is 0 Å². The Bertz CT molecular complexity index is 950. The first-order valence-corrected chi connectivity index (χ1v) is 10.3. The highest BCUT2D eigenvalue weighted by atomic mass is 16.5. The number of nitrogens with one attached hydrogen (secondary N) is 2. The van der Waals surface area contributed by atoms with E-state index in [9.17, 15) is 0 Å². The van der Waals surface area contributed by atoms with E-state index in [4.69, 9.17) is 9.26 Å². The Morgan fingerprint density at radius 2 is 1.90 bits per heavy atom. The highest BCUT2D eigenvalue weighted by Crippen LogP contribution is 2.18. The summed E-state index contributed by atoms with van der Waals surface area (Å²) in [6.45, 7) is 6.24. The standard InChI is InChI=1S/C23H29N5O2/c1-4-21-27-22(30-28-21)19-11-9-17(10-12-19)13-14-25-23(24-5-2)26-16-18-7-6-8-20(15-18)29-3/h6-12,15H,4-5,13-14,16H2,1-3H3,(H2,24,25,26). The van der Waals surface area contributed by atoms with Crippen LogP contribution in [0.4, 0.5) is 0 Å². The maximum absolute atomic E-state index is 5.29. The van der Waals surface area contributed by atoms with Gasteiger partial charge in [0.15, 0.2) is 11.8 Å². The lowest BCUT2D eigenvalue weighted by molar-refractivity contribution is 0.414. The van der Waals surface area contributed by atoms with E-state index in [0.717, 1.165) is 54.6 Å². The van der Waals surface area contributed by atoms with E-state index in [1.165, 1.54) is 5.56 Å². The second-order valence-electron chi connectivity index (χ2n) is 6.79. The van der Waals surface area contributed by atoms with Crippen LogP contribution in [-0.2, 0) is 19.4 Å². The lowest BCUT2D eigenvalue weighted by Gasteiger charge is -2.11. The number of nitrogens with zero attached hydrogens (tertiary/aromatic N) is 3. The molecule has 2 aromatic carbocycles. The molecule has 0 bridgehead atoms. The fourth-order valence-electron chi connectivity index (χ4n) is 2.94. The van der Waals surface area contributed by atoms with Gasteiger partial charge in [-0.2, -0.15) is 4.98 Å². The number of methoxy groups -OCH3 is 1. The van der Waals surface area contributed by atoms with E-state index in [1.807, 2.05) is 43.3 Å². The molecule has 158 valence electrons. The van der Waals surface area contributed by atoms with Crippen molar-refractivity contribution >= 4 is 5.96 Å². The van der Waals surface area contributed by atoms with E-state index in [2.05, 4.69) is 44.8 Å². The van der Waals surface area contributed by atoms with Crippen LogP contribution in [0.1, 0.15) is 30.8 Å². The Labute approximate surface area is 177 Å². The number of aryl methyl sites for hydroxylation is 1. The van der Waals surface area contributed by atoms with Crippen LogP contribution in [-0.4, -0.2) is 36.3 Å². The molecule has 30 heavy (non-hydrogen) atoms. The molecule has 0 unspecified atom stereocenters. The van der Waals surface area contributed by atoms with Gasteiger partial charge in [0.25, 0.3) is 5.89 Å². The van der Waals surface area contributed by atoms with Gasteiger partial charge in [0.2, 0.25) is 0 Å². The number of rotatable bonds is 9. The number of ether oxygens (including phenoxy) is 1. The Balaban J connectivity index is 1.53. The predicted molar refractivity (Wildman–Crippen MR) is 119 cm³/mol. The zero-order valence-electron chi connectivity index (χ0n) is 17.8. The van der Waals surface area contributed by atoms with E-state index < -0.39 is 0 Å². The first-order valence-electron chi connectivity index (χ1n) is 10.3. The van der Waals surface area contributed by atoms with Gasteiger partial charge < -0.3 is 19.9 Å². The van der Waals surface area contributed by atoms with E-state index in [0.29, 0.717) is 12.4 Å². The molecule has 0 aliphatic carbocycles. The Morgan fingerprint density at radius 3 is 2.60 bits per heavy atom. The predicted octanol–water partition coefficient (Wildman–Crippen LogP) is 3.61. The molecule has 0 spiro atoms. The molecule has 7 nitrogen and oxygen atoms in total. The highest BCUT2D eigenvalue weighted by molar-refractivity contribution is 5.79. The summed E-state index contributed by atoms with van der Waals surface area (Å²) in [5.41, 5.74) is 3.27. The van der Waals surface area contributed by atoms with Crippen LogP contribution in [0.2, 0.25) is 0 Å². The van der Waals surface area contributed by atoms with Crippen LogP contribution >= 0.6 is 0 Å². The summed E-state index contributed by atoms with van der Waals surface area (Å²) < 4.78 is 10.6. The number of hydrogen-bond acceptors (Lipinski definition) is 5. The first-order chi connectivity index (χ1) is 14.7. The fourth-order valence-corrected chi connectivity index (χ4v) is 2.94. The first kappa shape index (κ1) is 21.4. The Morgan fingerprint density at radius 1 is 1.07 bits per heavy atom.